The molecule has 1 aliphatic heterocycles. The minimum absolute atomic E-state index is 0.761. The van der Waals surface area contributed by atoms with Gasteiger partial charge in [0.25, 0.3) is 0 Å². The zero-order valence-corrected chi connectivity index (χ0v) is 11.1. The summed E-state index contributed by atoms with van der Waals surface area (Å²) >= 11 is 6.16. The van der Waals surface area contributed by atoms with Gasteiger partial charge in [-0.05, 0) is 37.4 Å². The summed E-state index contributed by atoms with van der Waals surface area (Å²) in [5, 5.41) is 4.14. The van der Waals surface area contributed by atoms with Crippen LogP contribution in [0.15, 0.2) is 12.3 Å². The molecular weight excluding hydrogens is 234 g/mol. The van der Waals surface area contributed by atoms with E-state index in [4.69, 9.17) is 11.6 Å². The number of hydrogen-bond acceptors (Lipinski definition) is 3. The van der Waals surface area contributed by atoms with E-state index in [2.05, 4.69) is 28.2 Å². The molecule has 1 aromatic heterocycles. The number of hydrogen-bond donors (Lipinski definition) is 1. The molecule has 1 fully saturated rings. The third kappa shape index (κ3) is 3.33. The SMILES string of the molecule is CCCNCc1cc(N2CCCC2)ncc1Cl. The highest BCUT2D eigenvalue weighted by Crippen LogP contribution is 2.23. The van der Waals surface area contributed by atoms with Gasteiger partial charge in [0, 0.05) is 25.8 Å². The van der Waals surface area contributed by atoms with E-state index in [1.165, 1.54) is 12.8 Å². The lowest BCUT2D eigenvalue weighted by molar-refractivity contribution is 0.675. The summed E-state index contributed by atoms with van der Waals surface area (Å²) < 4.78 is 0. The van der Waals surface area contributed by atoms with Gasteiger partial charge in [-0.3, -0.25) is 0 Å². The lowest BCUT2D eigenvalue weighted by atomic mass is 10.2. The van der Waals surface area contributed by atoms with Crippen molar-refractivity contribution in [3.8, 4) is 0 Å². The standard InChI is InChI=1S/C13H20ClN3/c1-2-5-15-9-11-8-13(16-10-12(11)14)17-6-3-4-7-17/h8,10,15H,2-7,9H2,1H3. The second-order valence-corrected chi connectivity index (χ2v) is 4.91. The molecule has 1 N–H and O–H groups in total. The van der Waals surface area contributed by atoms with Crippen molar-refractivity contribution >= 4 is 17.4 Å². The molecule has 94 valence electrons. The van der Waals surface area contributed by atoms with Crippen molar-refractivity contribution in [3.63, 3.8) is 0 Å². The molecule has 1 saturated heterocycles. The van der Waals surface area contributed by atoms with Gasteiger partial charge in [0.15, 0.2) is 0 Å². The van der Waals surface area contributed by atoms with E-state index in [0.29, 0.717) is 0 Å². The molecule has 0 atom stereocenters. The summed E-state index contributed by atoms with van der Waals surface area (Å²) in [5.74, 6) is 1.07. The fourth-order valence-electron chi connectivity index (χ4n) is 2.12. The average Bonchev–Trinajstić information content (AvgIpc) is 2.85. The van der Waals surface area contributed by atoms with Crippen LogP contribution in [0.25, 0.3) is 0 Å². The van der Waals surface area contributed by atoms with E-state index in [0.717, 1.165) is 49.0 Å². The van der Waals surface area contributed by atoms with E-state index >= 15 is 0 Å². The maximum atomic E-state index is 6.16. The van der Waals surface area contributed by atoms with Crippen LogP contribution in [0.2, 0.25) is 5.02 Å². The van der Waals surface area contributed by atoms with Crippen LogP contribution in [0.5, 0.6) is 0 Å². The Balaban J connectivity index is 2.05. The third-order valence-electron chi connectivity index (χ3n) is 3.09. The van der Waals surface area contributed by atoms with Crippen molar-refractivity contribution in [2.75, 3.05) is 24.5 Å². The number of nitrogens with zero attached hydrogens (tertiary/aromatic N) is 2. The van der Waals surface area contributed by atoms with Gasteiger partial charge in [-0.2, -0.15) is 0 Å². The number of anilines is 1. The van der Waals surface area contributed by atoms with Crippen LogP contribution in [0.1, 0.15) is 31.7 Å². The molecule has 2 heterocycles. The first kappa shape index (κ1) is 12.7. The van der Waals surface area contributed by atoms with Gasteiger partial charge in [-0.1, -0.05) is 18.5 Å². The zero-order valence-electron chi connectivity index (χ0n) is 10.4. The van der Waals surface area contributed by atoms with Crippen molar-refractivity contribution in [2.24, 2.45) is 0 Å². The summed E-state index contributed by atoms with van der Waals surface area (Å²) in [5.41, 5.74) is 1.15. The number of aromatic nitrogens is 1. The Morgan fingerprint density at radius 3 is 2.88 bits per heavy atom. The third-order valence-corrected chi connectivity index (χ3v) is 3.43. The first-order valence-corrected chi connectivity index (χ1v) is 6.79. The predicted octanol–water partition coefficient (Wildman–Crippen LogP) is 2.83. The summed E-state index contributed by atoms with van der Waals surface area (Å²) in [6.07, 6.45) is 5.46. The Morgan fingerprint density at radius 1 is 1.41 bits per heavy atom. The van der Waals surface area contributed by atoms with Gasteiger partial charge in [-0.15, -0.1) is 0 Å². The Kier molecular flexibility index (Phi) is 4.63. The van der Waals surface area contributed by atoms with E-state index in [-0.39, 0.29) is 0 Å². The molecule has 0 aliphatic carbocycles. The predicted molar refractivity (Wildman–Crippen MR) is 72.7 cm³/mol. The molecule has 0 bridgehead atoms. The molecule has 4 heteroatoms. The van der Waals surface area contributed by atoms with Gasteiger partial charge in [-0.25, -0.2) is 4.98 Å². The summed E-state index contributed by atoms with van der Waals surface area (Å²) in [6.45, 7) is 6.26. The second-order valence-electron chi connectivity index (χ2n) is 4.50. The maximum Gasteiger partial charge on any atom is 0.128 e. The fraction of sp³-hybridized carbons (Fsp3) is 0.615. The van der Waals surface area contributed by atoms with Crippen molar-refractivity contribution in [1.29, 1.82) is 0 Å². The highest BCUT2D eigenvalue weighted by molar-refractivity contribution is 6.31. The average molecular weight is 254 g/mol. The second kappa shape index (κ2) is 6.22. The summed E-state index contributed by atoms with van der Waals surface area (Å²) in [6, 6.07) is 2.12. The van der Waals surface area contributed by atoms with Crippen LogP contribution >= 0.6 is 11.6 Å². The van der Waals surface area contributed by atoms with E-state index in [1.807, 2.05) is 0 Å². The quantitative estimate of drug-likeness (QED) is 0.818. The summed E-state index contributed by atoms with van der Waals surface area (Å²) in [7, 11) is 0. The largest absolute Gasteiger partial charge is 0.357 e. The van der Waals surface area contributed by atoms with Crippen molar-refractivity contribution < 1.29 is 0 Å². The Labute approximate surface area is 108 Å². The molecule has 1 aromatic rings. The van der Waals surface area contributed by atoms with Crippen LogP contribution in [-0.4, -0.2) is 24.6 Å². The van der Waals surface area contributed by atoms with Crippen LogP contribution in [-0.2, 0) is 6.54 Å². The number of pyridine rings is 1. The Bertz CT molecular complexity index is 362. The van der Waals surface area contributed by atoms with Gasteiger partial charge in [0.2, 0.25) is 0 Å². The molecule has 0 saturated carbocycles. The number of nitrogens with one attached hydrogen (secondary N) is 1. The van der Waals surface area contributed by atoms with Crippen molar-refractivity contribution in [2.45, 2.75) is 32.7 Å². The van der Waals surface area contributed by atoms with Gasteiger partial charge in [0.1, 0.15) is 5.82 Å². The fourth-order valence-corrected chi connectivity index (χ4v) is 2.29. The van der Waals surface area contributed by atoms with Crippen LogP contribution in [0.4, 0.5) is 5.82 Å². The highest BCUT2D eigenvalue weighted by atomic mass is 35.5. The minimum atomic E-state index is 0.761. The molecule has 0 radical (unpaired) electrons. The van der Waals surface area contributed by atoms with Crippen LogP contribution in [0.3, 0.4) is 0 Å². The van der Waals surface area contributed by atoms with Gasteiger partial charge < -0.3 is 10.2 Å². The number of halogens is 1. The molecule has 1 aliphatic rings. The lowest BCUT2D eigenvalue weighted by Crippen LogP contribution is -2.20. The first-order chi connectivity index (χ1) is 8.31. The zero-order chi connectivity index (χ0) is 12.1. The Morgan fingerprint density at radius 2 is 2.18 bits per heavy atom. The molecule has 0 aromatic carbocycles. The molecule has 17 heavy (non-hydrogen) atoms. The number of rotatable bonds is 5. The van der Waals surface area contributed by atoms with Crippen molar-refractivity contribution in [3.05, 3.63) is 22.8 Å². The van der Waals surface area contributed by atoms with E-state index in [1.54, 1.807) is 6.20 Å². The van der Waals surface area contributed by atoms with Crippen molar-refractivity contribution in [1.82, 2.24) is 10.3 Å². The molecule has 0 amide bonds. The van der Waals surface area contributed by atoms with Crippen LogP contribution < -0.4 is 10.2 Å². The maximum absolute atomic E-state index is 6.16. The first-order valence-electron chi connectivity index (χ1n) is 6.41. The smallest absolute Gasteiger partial charge is 0.128 e. The van der Waals surface area contributed by atoms with Gasteiger partial charge in [0.05, 0.1) is 5.02 Å². The monoisotopic (exact) mass is 253 g/mol. The molecule has 2 rings (SSSR count). The summed E-state index contributed by atoms with van der Waals surface area (Å²) in [4.78, 5) is 6.75. The van der Waals surface area contributed by atoms with E-state index in [9.17, 15) is 0 Å². The van der Waals surface area contributed by atoms with E-state index < -0.39 is 0 Å². The molecular formula is C13H20ClN3. The van der Waals surface area contributed by atoms with Crippen LogP contribution in [0, 0.1) is 0 Å². The van der Waals surface area contributed by atoms with Gasteiger partial charge >= 0.3 is 0 Å². The highest BCUT2D eigenvalue weighted by Gasteiger charge is 2.14. The molecule has 0 unspecified atom stereocenters. The lowest BCUT2D eigenvalue weighted by Gasteiger charge is -2.17. The minimum Gasteiger partial charge on any atom is -0.357 e. The normalized spacial score (nSPS) is 15.5. The Hall–Kier alpha value is -0.800. The topological polar surface area (TPSA) is 28.2 Å². The molecule has 0 spiro atoms. The molecule has 3 nitrogen and oxygen atoms in total.